The molecule has 1 atom stereocenters. The molecule has 0 aliphatic carbocycles. The molecule has 0 aliphatic heterocycles. The van der Waals surface area contributed by atoms with Crippen molar-refractivity contribution in [3.63, 3.8) is 0 Å². The lowest BCUT2D eigenvalue weighted by atomic mass is 10.1. The second-order valence-corrected chi connectivity index (χ2v) is 8.25. The first-order valence-electron chi connectivity index (χ1n) is 7.44. The van der Waals surface area contributed by atoms with E-state index in [4.69, 9.17) is 23.2 Å². The fraction of sp³-hybridized carbons (Fsp3) is 0.188. The number of carboxylic acid groups (broad SMARTS) is 1. The Kier molecular flexibility index (Phi) is 5.98. The van der Waals surface area contributed by atoms with Crippen molar-refractivity contribution in [1.29, 1.82) is 0 Å². The third-order valence-electron chi connectivity index (χ3n) is 3.79. The zero-order valence-electron chi connectivity index (χ0n) is 14.1. The molecule has 11 heteroatoms. The van der Waals surface area contributed by atoms with Gasteiger partial charge in [-0.2, -0.15) is 0 Å². The number of aryl methyl sites for hydroxylation is 1. The van der Waals surface area contributed by atoms with Crippen LogP contribution in [0.1, 0.15) is 12.5 Å². The van der Waals surface area contributed by atoms with Gasteiger partial charge >= 0.3 is 5.97 Å². The number of benzene rings is 2. The van der Waals surface area contributed by atoms with Crippen molar-refractivity contribution >= 4 is 50.6 Å². The largest absolute Gasteiger partial charge is 0.480 e. The lowest BCUT2D eigenvalue weighted by molar-refractivity contribution is -0.384. The molecular formula is C16H14Cl2N2O6S. The predicted molar refractivity (Wildman–Crippen MR) is 101 cm³/mol. The van der Waals surface area contributed by atoms with Gasteiger partial charge < -0.3 is 5.11 Å². The van der Waals surface area contributed by atoms with Crippen LogP contribution in [-0.2, 0) is 14.8 Å². The number of aliphatic carboxylic acids is 1. The number of hydrogen-bond donors (Lipinski definition) is 1. The highest BCUT2D eigenvalue weighted by atomic mass is 35.5. The van der Waals surface area contributed by atoms with Crippen LogP contribution in [0.15, 0.2) is 41.3 Å². The summed E-state index contributed by atoms with van der Waals surface area (Å²) in [7, 11) is -4.35. The van der Waals surface area contributed by atoms with Crippen molar-refractivity contribution in [2.75, 3.05) is 4.31 Å². The van der Waals surface area contributed by atoms with E-state index in [0.29, 0.717) is 4.31 Å². The molecule has 0 saturated heterocycles. The summed E-state index contributed by atoms with van der Waals surface area (Å²) in [6.45, 7) is 2.65. The number of non-ortho nitro benzene ring substituents is 1. The van der Waals surface area contributed by atoms with Crippen molar-refractivity contribution in [1.82, 2.24) is 0 Å². The standard InChI is InChI=1S/C16H14Cl2N2O6S/c1-9-7-11(20(23)24)3-6-15(9)19(10(2)16(21)22)27(25,26)12-4-5-13(17)14(18)8-12/h3-8,10H,1-2H3,(H,21,22). The van der Waals surface area contributed by atoms with Gasteiger partial charge in [-0.15, -0.1) is 0 Å². The summed E-state index contributed by atoms with van der Waals surface area (Å²) >= 11 is 11.7. The lowest BCUT2D eigenvalue weighted by Gasteiger charge is -2.29. The minimum atomic E-state index is -4.35. The van der Waals surface area contributed by atoms with Gasteiger partial charge in [0.1, 0.15) is 6.04 Å². The van der Waals surface area contributed by atoms with E-state index in [-0.39, 0.29) is 31.9 Å². The van der Waals surface area contributed by atoms with Gasteiger partial charge in [-0.1, -0.05) is 23.2 Å². The second-order valence-electron chi connectivity index (χ2n) is 5.62. The highest BCUT2D eigenvalue weighted by Gasteiger charge is 2.35. The number of anilines is 1. The summed E-state index contributed by atoms with van der Waals surface area (Å²) in [6, 6.07) is 5.58. The Morgan fingerprint density at radius 3 is 2.30 bits per heavy atom. The minimum absolute atomic E-state index is 0.00146. The van der Waals surface area contributed by atoms with E-state index in [1.807, 2.05) is 0 Å². The van der Waals surface area contributed by atoms with Gasteiger partial charge in [-0.3, -0.25) is 14.4 Å². The first kappa shape index (κ1) is 20.9. The molecule has 0 saturated carbocycles. The van der Waals surface area contributed by atoms with Gasteiger partial charge in [0.15, 0.2) is 0 Å². The molecule has 2 rings (SSSR count). The monoisotopic (exact) mass is 432 g/mol. The van der Waals surface area contributed by atoms with Crippen LogP contribution >= 0.6 is 23.2 Å². The normalized spacial score (nSPS) is 12.4. The van der Waals surface area contributed by atoms with Crippen LogP contribution in [-0.4, -0.2) is 30.5 Å². The summed E-state index contributed by atoms with van der Waals surface area (Å²) in [5.74, 6) is -1.39. The molecule has 0 aliphatic rings. The van der Waals surface area contributed by atoms with Crippen molar-refractivity contribution in [2.24, 2.45) is 0 Å². The Morgan fingerprint density at radius 2 is 1.81 bits per heavy atom. The maximum Gasteiger partial charge on any atom is 0.327 e. The lowest BCUT2D eigenvalue weighted by Crippen LogP contribution is -2.43. The molecule has 1 N–H and O–H groups in total. The fourth-order valence-corrected chi connectivity index (χ4v) is 4.46. The van der Waals surface area contributed by atoms with E-state index in [1.165, 1.54) is 38.1 Å². The molecule has 0 fully saturated rings. The Balaban J connectivity index is 2.70. The van der Waals surface area contributed by atoms with Crippen molar-refractivity contribution in [3.8, 4) is 0 Å². The average Bonchev–Trinajstić information content (AvgIpc) is 2.58. The van der Waals surface area contributed by atoms with Crippen molar-refractivity contribution < 1.29 is 23.2 Å². The van der Waals surface area contributed by atoms with Gasteiger partial charge in [0.25, 0.3) is 15.7 Å². The Bertz CT molecular complexity index is 1030. The molecule has 8 nitrogen and oxygen atoms in total. The zero-order valence-corrected chi connectivity index (χ0v) is 16.4. The number of sulfonamides is 1. The maximum absolute atomic E-state index is 13.1. The van der Waals surface area contributed by atoms with E-state index in [2.05, 4.69) is 0 Å². The molecule has 0 heterocycles. The molecule has 0 amide bonds. The smallest absolute Gasteiger partial charge is 0.327 e. The SMILES string of the molecule is Cc1cc([N+](=O)[O-])ccc1N(C(C)C(=O)O)S(=O)(=O)c1ccc(Cl)c(Cl)c1. The van der Waals surface area contributed by atoms with Crippen molar-refractivity contribution in [3.05, 3.63) is 62.1 Å². The molecular weight excluding hydrogens is 419 g/mol. The van der Waals surface area contributed by atoms with E-state index in [9.17, 15) is 28.4 Å². The third kappa shape index (κ3) is 4.15. The molecule has 1 unspecified atom stereocenters. The van der Waals surface area contributed by atoms with Gasteiger partial charge in [-0.25, -0.2) is 13.2 Å². The molecule has 2 aromatic carbocycles. The molecule has 27 heavy (non-hydrogen) atoms. The number of nitro benzene ring substituents is 1. The molecule has 0 aromatic heterocycles. The van der Waals surface area contributed by atoms with E-state index in [0.717, 1.165) is 12.1 Å². The van der Waals surface area contributed by atoms with Crippen LogP contribution in [0.3, 0.4) is 0 Å². The number of carboxylic acids is 1. The molecule has 2 aromatic rings. The predicted octanol–water partition coefficient (Wildman–Crippen LogP) is 3.88. The average molecular weight is 433 g/mol. The summed E-state index contributed by atoms with van der Waals surface area (Å²) in [6.07, 6.45) is 0. The van der Waals surface area contributed by atoms with Crippen molar-refractivity contribution in [2.45, 2.75) is 24.8 Å². The summed E-state index contributed by atoms with van der Waals surface area (Å²) in [5.41, 5.74) is -0.0198. The van der Waals surface area contributed by atoms with Crippen LogP contribution < -0.4 is 4.31 Å². The summed E-state index contributed by atoms with van der Waals surface area (Å²) in [5, 5.41) is 20.4. The Morgan fingerprint density at radius 1 is 1.19 bits per heavy atom. The van der Waals surface area contributed by atoms with E-state index in [1.54, 1.807) is 0 Å². The minimum Gasteiger partial charge on any atom is -0.480 e. The van der Waals surface area contributed by atoms with Gasteiger partial charge in [0, 0.05) is 12.1 Å². The molecule has 0 spiro atoms. The van der Waals surface area contributed by atoms with E-state index >= 15 is 0 Å². The molecule has 0 bridgehead atoms. The Labute approximate surface area is 165 Å². The number of nitrogens with zero attached hydrogens (tertiary/aromatic N) is 2. The quantitative estimate of drug-likeness (QED) is 0.546. The summed E-state index contributed by atoms with van der Waals surface area (Å²) < 4.78 is 27.0. The summed E-state index contributed by atoms with van der Waals surface area (Å²) in [4.78, 5) is 21.6. The van der Waals surface area contributed by atoms with Gasteiger partial charge in [0.2, 0.25) is 0 Å². The van der Waals surface area contributed by atoms with Crippen LogP contribution in [0.25, 0.3) is 0 Å². The highest BCUT2D eigenvalue weighted by molar-refractivity contribution is 7.93. The molecule has 144 valence electrons. The zero-order chi connectivity index (χ0) is 20.5. The molecule has 0 radical (unpaired) electrons. The van der Waals surface area contributed by atoms with E-state index < -0.39 is 27.0 Å². The maximum atomic E-state index is 13.1. The topological polar surface area (TPSA) is 118 Å². The second kappa shape index (κ2) is 7.71. The number of rotatable bonds is 6. The Hall–Kier alpha value is -2.36. The number of hydrogen-bond acceptors (Lipinski definition) is 5. The van der Waals surface area contributed by atoms with Gasteiger partial charge in [-0.05, 0) is 43.7 Å². The van der Waals surface area contributed by atoms with Crippen LogP contribution in [0.5, 0.6) is 0 Å². The third-order valence-corrected chi connectivity index (χ3v) is 6.41. The first-order valence-corrected chi connectivity index (χ1v) is 9.63. The fourth-order valence-electron chi connectivity index (χ4n) is 2.40. The number of carbonyl (C=O) groups is 1. The number of nitro groups is 1. The van der Waals surface area contributed by atoms with Crippen LogP contribution in [0, 0.1) is 17.0 Å². The first-order chi connectivity index (χ1) is 12.5. The van der Waals surface area contributed by atoms with Gasteiger partial charge in [0.05, 0.1) is 25.6 Å². The van der Waals surface area contributed by atoms with Crippen LogP contribution in [0.4, 0.5) is 11.4 Å². The van der Waals surface area contributed by atoms with Crippen LogP contribution in [0.2, 0.25) is 10.0 Å². The number of halogens is 2. The highest BCUT2D eigenvalue weighted by Crippen LogP contribution is 2.33.